The lowest BCUT2D eigenvalue weighted by atomic mass is 9.94. The van der Waals surface area contributed by atoms with Gasteiger partial charge in [-0.1, -0.05) is 12.1 Å². The molecule has 0 unspecified atom stereocenters. The molecule has 0 saturated carbocycles. The minimum absolute atomic E-state index is 0.736. The summed E-state index contributed by atoms with van der Waals surface area (Å²) >= 11 is 0. The zero-order valence-electron chi connectivity index (χ0n) is 14.1. The summed E-state index contributed by atoms with van der Waals surface area (Å²) in [6, 6.07) is 8.14. The van der Waals surface area contributed by atoms with Crippen molar-refractivity contribution in [2.24, 2.45) is 5.92 Å². The van der Waals surface area contributed by atoms with Crippen molar-refractivity contribution in [3.8, 4) is 5.75 Å². The van der Waals surface area contributed by atoms with Gasteiger partial charge in [0.25, 0.3) is 0 Å². The number of rotatable bonds is 6. The minimum Gasteiger partial charge on any atom is -0.497 e. The number of aromatic nitrogens is 3. The van der Waals surface area contributed by atoms with E-state index in [0.717, 1.165) is 55.8 Å². The molecule has 1 N–H and O–H groups in total. The van der Waals surface area contributed by atoms with Gasteiger partial charge in [0, 0.05) is 19.4 Å². The number of hydrogen-bond donors (Lipinski definition) is 1. The van der Waals surface area contributed by atoms with Gasteiger partial charge < -0.3 is 10.1 Å². The molecule has 23 heavy (non-hydrogen) atoms. The van der Waals surface area contributed by atoms with Crippen LogP contribution in [0.5, 0.6) is 5.75 Å². The van der Waals surface area contributed by atoms with Crippen LogP contribution in [0.15, 0.2) is 24.3 Å². The molecule has 2 heterocycles. The van der Waals surface area contributed by atoms with E-state index in [9.17, 15) is 0 Å². The van der Waals surface area contributed by atoms with E-state index in [4.69, 9.17) is 14.8 Å². The highest BCUT2D eigenvalue weighted by molar-refractivity contribution is 5.28. The molecule has 1 saturated heterocycles. The van der Waals surface area contributed by atoms with Crippen molar-refractivity contribution in [3.63, 3.8) is 0 Å². The van der Waals surface area contributed by atoms with Crippen LogP contribution in [-0.4, -0.2) is 35.0 Å². The molecule has 0 amide bonds. The third kappa shape index (κ3) is 4.10. The molecule has 0 aliphatic carbocycles. The lowest BCUT2D eigenvalue weighted by molar-refractivity contribution is 0.361. The van der Waals surface area contributed by atoms with Crippen LogP contribution in [0, 0.1) is 5.92 Å². The molecule has 5 nitrogen and oxygen atoms in total. The molecule has 3 rings (SSSR count). The predicted octanol–water partition coefficient (Wildman–Crippen LogP) is 2.44. The van der Waals surface area contributed by atoms with Gasteiger partial charge in [-0.25, -0.2) is 4.98 Å². The van der Waals surface area contributed by atoms with Gasteiger partial charge in [-0.05, 0) is 56.5 Å². The average Bonchev–Trinajstić information content (AvgIpc) is 2.98. The zero-order valence-corrected chi connectivity index (χ0v) is 14.1. The Bertz CT molecular complexity index is 614. The van der Waals surface area contributed by atoms with Gasteiger partial charge in [0.1, 0.15) is 11.6 Å². The van der Waals surface area contributed by atoms with Crippen molar-refractivity contribution in [3.05, 3.63) is 41.5 Å². The topological polar surface area (TPSA) is 52.0 Å². The maximum absolute atomic E-state index is 5.20. The molecule has 1 fully saturated rings. The van der Waals surface area contributed by atoms with E-state index in [0.29, 0.717) is 0 Å². The normalized spacial score (nSPS) is 15.7. The van der Waals surface area contributed by atoms with Crippen LogP contribution in [0.25, 0.3) is 0 Å². The van der Waals surface area contributed by atoms with Crippen molar-refractivity contribution in [2.45, 2.75) is 39.2 Å². The Morgan fingerprint density at radius 2 is 1.96 bits per heavy atom. The van der Waals surface area contributed by atoms with Crippen molar-refractivity contribution in [2.75, 3.05) is 20.2 Å². The molecule has 0 atom stereocenters. The molecular formula is C18H26N4O. The third-order valence-electron chi connectivity index (χ3n) is 4.54. The monoisotopic (exact) mass is 314 g/mol. The molecule has 124 valence electrons. The van der Waals surface area contributed by atoms with Crippen molar-refractivity contribution in [1.82, 2.24) is 20.1 Å². The molecule has 0 bridgehead atoms. The third-order valence-corrected chi connectivity index (χ3v) is 4.54. The first-order valence-corrected chi connectivity index (χ1v) is 8.54. The first kappa shape index (κ1) is 16.0. The van der Waals surface area contributed by atoms with E-state index >= 15 is 0 Å². The number of benzene rings is 1. The van der Waals surface area contributed by atoms with Gasteiger partial charge in [0.2, 0.25) is 0 Å². The number of aryl methyl sites for hydroxylation is 1. The highest BCUT2D eigenvalue weighted by Crippen LogP contribution is 2.18. The van der Waals surface area contributed by atoms with E-state index in [2.05, 4.69) is 29.1 Å². The molecule has 1 aliphatic heterocycles. The summed E-state index contributed by atoms with van der Waals surface area (Å²) in [5, 5.41) is 8.11. The lowest BCUT2D eigenvalue weighted by Crippen LogP contribution is -2.29. The van der Waals surface area contributed by atoms with Gasteiger partial charge in [0.15, 0.2) is 5.82 Å². The fourth-order valence-electron chi connectivity index (χ4n) is 3.18. The van der Waals surface area contributed by atoms with Crippen LogP contribution in [0.1, 0.15) is 37.0 Å². The standard InChI is InChI=1S/C18H26N4O/c1-3-22-18(13-15-8-10-19-11-9-15)20-17(21-22)12-14-4-6-16(23-2)7-5-14/h4-7,15,19H,3,8-13H2,1-2H3. The SMILES string of the molecule is CCn1nc(Cc2ccc(OC)cc2)nc1CC1CCNCC1. The second kappa shape index (κ2) is 7.59. The summed E-state index contributed by atoms with van der Waals surface area (Å²) in [5.41, 5.74) is 1.22. The van der Waals surface area contributed by atoms with Crippen LogP contribution in [-0.2, 0) is 19.4 Å². The molecule has 1 aromatic heterocycles. The summed E-state index contributed by atoms with van der Waals surface area (Å²) in [5.74, 6) is 3.68. The highest BCUT2D eigenvalue weighted by Gasteiger charge is 2.18. The zero-order chi connectivity index (χ0) is 16.1. The highest BCUT2D eigenvalue weighted by atomic mass is 16.5. The van der Waals surface area contributed by atoms with E-state index in [-0.39, 0.29) is 0 Å². The molecule has 0 spiro atoms. The van der Waals surface area contributed by atoms with Gasteiger partial charge in [-0.15, -0.1) is 0 Å². The average molecular weight is 314 g/mol. The van der Waals surface area contributed by atoms with E-state index < -0.39 is 0 Å². The Balaban J connectivity index is 1.69. The summed E-state index contributed by atoms with van der Waals surface area (Å²) in [7, 11) is 1.69. The van der Waals surface area contributed by atoms with Crippen LogP contribution >= 0.6 is 0 Å². The Labute approximate surface area is 138 Å². The van der Waals surface area contributed by atoms with Gasteiger partial charge in [-0.2, -0.15) is 5.10 Å². The smallest absolute Gasteiger partial charge is 0.155 e. The van der Waals surface area contributed by atoms with Crippen LogP contribution in [0.2, 0.25) is 0 Å². The number of hydrogen-bond acceptors (Lipinski definition) is 4. The first-order chi connectivity index (χ1) is 11.3. The van der Waals surface area contributed by atoms with Gasteiger partial charge in [-0.3, -0.25) is 4.68 Å². The Hall–Kier alpha value is -1.88. The van der Waals surface area contributed by atoms with Crippen molar-refractivity contribution in [1.29, 1.82) is 0 Å². The minimum atomic E-state index is 0.736. The number of nitrogens with one attached hydrogen (secondary N) is 1. The number of nitrogens with zero attached hydrogens (tertiary/aromatic N) is 3. The van der Waals surface area contributed by atoms with Gasteiger partial charge in [0.05, 0.1) is 7.11 Å². The Morgan fingerprint density at radius 3 is 2.61 bits per heavy atom. The fraction of sp³-hybridized carbons (Fsp3) is 0.556. The van der Waals surface area contributed by atoms with Gasteiger partial charge >= 0.3 is 0 Å². The number of piperidine rings is 1. The second-order valence-corrected chi connectivity index (χ2v) is 6.18. The maximum Gasteiger partial charge on any atom is 0.155 e. The predicted molar refractivity (Wildman–Crippen MR) is 90.8 cm³/mol. The summed E-state index contributed by atoms with van der Waals surface area (Å²) in [4.78, 5) is 4.81. The molecule has 2 aromatic rings. The summed E-state index contributed by atoms with van der Waals surface area (Å²) < 4.78 is 7.27. The van der Waals surface area contributed by atoms with E-state index in [1.54, 1.807) is 7.11 Å². The van der Waals surface area contributed by atoms with E-state index in [1.807, 2.05) is 12.1 Å². The summed E-state index contributed by atoms with van der Waals surface area (Å²) in [6.07, 6.45) is 4.30. The number of methoxy groups -OCH3 is 1. The van der Waals surface area contributed by atoms with Crippen LogP contribution < -0.4 is 10.1 Å². The van der Waals surface area contributed by atoms with Crippen molar-refractivity contribution < 1.29 is 4.74 Å². The first-order valence-electron chi connectivity index (χ1n) is 8.54. The molecule has 1 aromatic carbocycles. The largest absolute Gasteiger partial charge is 0.497 e. The fourth-order valence-corrected chi connectivity index (χ4v) is 3.18. The molecule has 0 radical (unpaired) electrons. The van der Waals surface area contributed by atoms with Crippen LogP contribution in [0.4, 0.5) is 0 Å². The maximum atomic E-state index is 5.20. The van der Waals surface area contributed by atoms with Crippen molar-refractivity contribution >= 4 is 0 Å². The quantitative estimate of drug-likeness (QED) is 0.890. The second-order valence-electron chi connectivity index (χ2n) is 6.18. The lowest BCUT2D eigenvalue weighted by Gasteiger charge is -2.21. The molecule has 1 aliphatic rings. The number of ether oxygens (including phenoxy) is 1. The summed E-state index contributed by atoms with van der Waals surface area (Å²) in [6.45, 7) is 5.28. The molecule has 5 heteroatoms. The van der Waals surface area contributed by atoms with Crippen LogP contribution in [0.3, 0.4) is 0 Å². The Kier molecular flexibility index (Phi) is 5.28. The molecular weight excluding hydrogens is 288 g/mol. The Morgan fingerprint density at radius 1 is 1.22 bits per heavy atom. The van der Waals surface area contributed by atoms with E-state index in [1.165, 1.54) is 18.4 Å².